The van der Waals surface area contributed by atoms with Gasteiger partial charge in [0.15, 0.2) is 0 Å². The molecule has 22 heavy (non-hydrogen) atoms. The van der Waals surface area contributed by atoms with Crippen molar-refractivity contribution < 1.29 is 19.0 Å². The highest BCUT2D eigenvalue weighted by Gasteiger charge is 2.32. The summed E-state index contributed by atoms with van der Waals surface area (Å²) in [6, 6.07) is 3.47. The number of benzene rings is 1. The van der Waals surface area contributed by atoms with Gasteiger partial charge in [0, 0.05) is 6.07 Å². The lowest BCUT2D eigenvalue weighted by atomic mass is 9.91. The van der Waals surface area contributed by atoms with Crippen LogP contribution in [0.25, 0.3) is 0 Å². The summed E-state index contributed by atoms with van der Waals surface area (Å²) >= 11 is 0. The summed E-state index contributed by atoms with van der Waals surface area (Å²) in [5.41, 5.74) is -0.331. The fraction of sp³-hybridized carbons (Fsp3) is 0.562. The number of hydrogen-bond acceptors (Lipinski definition) is 3. The van der Waals surface area contributed by atoms with Gasteiger partial charge in [-0.05, 0) is 25.0 Å². The molecule has 0 radical (unpaired) electrons. The maximum Gasteiger partial charge on any atom is 0.319 e. The molecule has 0 saturated heterocycles. The van der Waals surface area contributed by atoms with Gasteiger partial charge in [0.1, 0.15) is 11.6 Å². The second-order valence-corrected chi connectivity index (χ2v) is 5.78. The maximum atomic E-state index is 13.3. The minimum atomic E-state index is -0.596. The lowest BCUT2D eigenvalue weighted by Crippen LogP contribution is -2.52. The Bertz CT molecular complexity index is 514. The van der Waals surface area contributed by atoms with E-state index in [1.54, 1.807) is 0 Å². The number of amides is 2. The molecule has 1 aliphatic rings. The molecule has 0 bridgehead atoms. The van der Waals surface area contributed by atoms with Crippen molar-refractivity contribution in [1.82, 2.24) is 5.32 Å². The standard InChI is InChI=1S/C16H23FN2O3/c1-22-14-7-6-12(17)10-13(14)18-15(21)19-16(11-20)8-4-2-3-5-9-16/h6-7,10,20H,2-5,8-9,11H2,1H3,(H2,18,19,21). The van der Waals surface area contributed by atoms with Crippen molar-refractivity contribution in [3.8, 4) is 5.75 Å². The fourth-order valence-corrected chi connectivity index (χ4v) is 2.90. The fourth-order valence-electron chi connectivity index (χ4n) is 2.90. The molecule has 0 unspecified atom stereocenters. The normalized spacial score (nSPS) is 17.4. The molecule has 2 amide bonds. The third-order valence-corrected chi connectivity index (χ3v) is 4.15. The Morgan fingerprint density at radius 3 is 2.59 bits per heavy atom. The number of halogens is 1. The van der Waals surface area contributed by atoms with Gasteiger partial charge in [-0.15, -0.1) is 0 Å². The van der Waals surface area contributed by atoms with Crippen LogP contribution in [-0.2, 0) is 0 Å². The Labute approximate surface area is 129 Å². The van der Waals surface area contributed by atoms with Crippen LogP contribution in [0.4, 0.5) is 14.9 Å². The molecule has 5 nitrogen and oxygen atoms in total. The monoisotopic (exact) mass is 310 g/mol. The van der Waals surface area contributed by atoms with Crippen LogP contribution >= 0.6 is 0 Å². The Kier molecular flexibility index (Phi) is 5.60. The molecule has 1 saturated carbocycles. The first-order chi connectivity index (χ1) is 10.6. The van der Waals surface area contributed by atoms with Gasteiger partial charge in [-0.2, -0.15) is 0 Å². The van der Waals surface area contributed by atoms with Gasteiger partial charge in [0.25, 0.3) is 0 Å². The Balaban J connectivity index is 2.07. The van der Waals surface area contributed by atoms with E-state index in [4.69, 9.17) is 4.74 Å². The molecule has 2 rings (SSSR count). The van der Waals surface area contributed by atoms with E-state index >= 15 is 0 Å². The van der Waals surface area contributed by atoms with Crippen LogP contribution in [0.3, 0.4) is 0 Å². The number of nitrogens with one attached hydrogen (secondary N) is 2. The van der Waals surface area contributed by atoms with Crippen molar-refractivity contribution in [3.05, 3.63) is 24.0 Å². The zero-order chi connectivity index (χ0) is 16.0. The van der Waals surface area contributed by atoms with Crippen LogP contribution in [0.1, 0.15) is 38.5 Å². The Morgan fingerprint density at radius 2 is 2.00 bits per heavy atom. The van der Waals surface area contributed by atoms with Crippen molar-refractivity contribution >= 4 is 11.7 Å². The van der Waals surface area contributed by atoms with Crippen LogP contribution < -0.4 is 15.4 Å². The molecular formula is C16H23FN2O3. The summed E-state index contributed by atoms with van der Waals surface area (Å²) in [7, 11) is 1.46. The predicted molar refractivity (Wildman–Crippen MR) is 82.6 cm³/mol. The molecule has 0 aromatic heterocycles. The lowest BCUT2D eigenvalue weighted by Gasteiger charge is -2.32. The Hall–Kier alpha value is -1.82. The molecule has 1 aromatic rings. The number of aliphatic hydroxyl groups is 1. The number of urea groups is 1. The lowest BCUT2D eigenvalue weighted by molar-refractivity contribution is 0.149. The highest BCUT2D eigenvalue weighted by molar-refractivity contribution is 5.91. The van der Waals surface area contributed by atoms with E-state index in [2.05, 4.69) is 10.6 Å². The molecule has 0 heterocycles. The summed E-state index contributed by atoms with van der Waals surface area (Å²) in [4.78, 5) is 12.2. The van der Waals surface area contributed by atoms with E-state index in [0.717, 1.165) is 38.5 Å². The van der Waals surface area contributed by atoms with E-state index in [9.17, 15) is 14.3 Å². The third kappa shape index (κ3) is 4.10. The molecule has 3 N–H and O–H groups in total. The summed E-state index contributed by atoms with van der Waals surface area (Å²) in [5.74, 6) is -0.0714. The quantitative estimate of drug-likeness (QED) is 0.749. The van der Waals surface area contributed by atoms with Gasteiger partial charge in [0.2, 0.25) is 0 Å². The van der Waals surface area contributed by atoms with Gasteiger partial charge >= 0.3 is 6.03 Å². The van der Waals surface area contributed by atoms with Crippen molar-refractivity contribution in [2.45, 2.75) is 44.1 Å². The number of methoxy groups -OCH3 is 1. The van der Waals surface area contributed by atoms with E-state index in [1.165, 1.54) is 25.3 Å². The van der Waals surface area contributed by atoms with Crippen molar-refractivity contribution in [1.29, 1.82) is 0 Å². The number of carbonyl (C=O) groups excluding carboxylic acids is 1. The first kappa shape index (κ1) is 16.5. The minimum Gasteiger partial charge on any atom is -0.495 e. The number of hydrogen-bond donors (Lipinski definition) is 3. The smallest absolute Gasteiger partial charge is 0.319 e. The van der Waals surface area contributed by atoms with E-state index in [0.29, 0.717) is 5.75 Å². The summed E-state index contributed by atoms with van der Waals surface area (Å²) in [6.07, 6.45) is 5.67. The van der Waals surface area contributed by atoms with Gasteiger partial charge in [0.05, 0.1) is 24.9 Å². The van der Waals surface area contributed by atoms with Crippen LogP contribution in [0.15, 0.2) is 18.2 Å². The number of rotatable bonds is 4. The van der Waals surface area contributed by atoms with E-state index in [-0.39, 0.29) is 12.3 Å². The van der Waals surface area contributed by atoms with E-state index < -0.39 is 17.4 Å². The molecule has 6 heteroatoms. The maximum absolute atomic E-state index is 13.3. The van der Waals surface area contributed by atoms with Crippen molar-refractivity contribution in [2.24, 2.45) is 0 Å². The second-order valence-electron chi connectivity index (χ2n) is 5.78. The third-order valence-electron chi connectivity index (χ3n) is 4.15. The average molecular weight is 310 g/mol. The first-order valence-corrected chi connectivity index (χ1v) is 7.62. The molecule has 1 aliphatic carbocycles. The second kappa shape index (κ2) is 7.45. The zero-order valence-corrected chi connectivity index (χ0v) is 12.8. The highest BCUT2D eigenvalue weighted by atomic mass is 19.1. The molecule has 0 aliphatic heterocycles. The van der Waals surface area contributed by atoms with Crippen LogP contribution in [0.5, 0.6) is 5.75 Å². The molecular weight excluding hydrogens is 287 g/mol. The molecule has 1 aromatic carbocycles. The average Bonchev–Trinajstić information content (AvgIpc) is 2.73. The zero-order valence-electron chi connectivity index (χ0n) is 12.8. The van der Waals surface area contributed by atoms with E-state index in [1.807, 2.05) is 0 Å². The number of anilines is 1. The highest BCUT2D eigenvalue weighted by Crippen LogP contribution is 2.28. The summed E-state index contributed by atoms with van der Waals surface area (Å²) in [5, 5.41) is 15.2. The molecule has 0 atom stereocenters. The molecule has 122 valence electrons. The van der Waals surface area contributed by atoms with Crippen molar-refractivity contribution in [3.63, 3.8) is 0 Å². The topological polar surface area (TPSA) is 70.6 Å². The van der Waals surface area contributed by atoms with Gasteiger partial charge in [-0.3, -0.25) is 0 Å². The van der Waals surface area contributed by atoms with Crippen LogP contribution in [0.2, 0.25) is 0 Å². The van der Waals surface area contributed by atoms with Crippen molar-refractivity contribution in [2.75, 3.05) is 19.0 Å². The summed E-state index contributed by atoms with van der Waals surface area (Å²) < 4.78 is 18.4. The Morgan fingerprint density at radius 1 is 1.32 bits per heavy atom. The SMILES string of the molecule is COc1ccc(F)cc1NC(=O)NC1(CO)CCCCCC1. The molecule has 0 spiro atoms. The number of ether oxygens (including phenoxy) is 1. The minimum absolute atomic E-state index is 0.0965. The predicted octanol–water partition coefficient (Wildman–Crippen LogP) is 3.04. The van der Waals surface area contributed by atoms with Gasteiger partial charge < -0.3 is 20.5 Å². The summed E-state index contributed by atoms with van der Waals surface area (Å²) in [6.45, 7) is -0.0965. The largest absolute Gasteiger partial charge is 0.495 e. The number of carbonyl (C=O) groups is 1. The number of aliphatic hydroxyl groups excluding tert-OH is 1. The molecule has 1 fully saturated rings. The van der Waals surface area contributed by atoms with Crippen LogP contribution in [-0.4, -0.2) is 30.4 Å². The van der Waals surface area contributed by atoms with Gasteiger partial charge in [-0.1, -0.05) is 25.7 Å². The van der Waals surface area contributed by atoms with Gasteiger partial charge in [-0.25, -0.2) is 9.18 Å². The van der Waals surface area contributed by atoms with Crippen LogP contribution in [0, 0.1) is 5.82 Å². The first-order valence-electron chi connectivity index (χ1n) is 7.62.